The molecule has 0 saturated heterocycles. The topological polar surface area (TPSA) is 78.6 Å². The van der Waals surface area contributed by atoms with Crippen LogP contribution in [0, 0.1) is 0 Å². The maximum Gasteiger partial charge on any atom is 0.243 e. The molecule has 2 N–H and O–H groups in total. The monoisotopic (exact) mass is 279 g/mol. The van der Waals surface area contributed by atoms with E-state index in [9.17, 15) is 8.42 Å². The molecule has 0 bridgehead atoms. The lowest BCUT2D eigenvalue weighted by Crippen LogP contribution is -2.13. The van der Waals surface area contributed by atoms with Gasteiger partial charge in [-0.2, -0.15) is 0 Å². The molecule has 14 heavy (non-hydrogen) atoms. The normalized spacial score (nSPS) is 14.4. The maximum absolute atomic E-state index is 11.2. The van der Waals surface area contributed by atoms with Crippen molar-refractivity contribution in [3.8, 4) is 11.5 Å². The first-order valence-electron chi connectivity index (χ1n) is 3.61. The van der Waals surface area contributed by atoms with E-state index in [2.05, 4.69) is 15.9 Å². The van der Waals surface area contributed by atoms with Crippen LogP contribution in [0.3, 0.4) is 0 Å². The fourth-order valence-corrected chi connectivity index (χ4v) is 2.93. The van der Waals surface area contributed by atoms with Crippen LogP contribution in [0.15, 0.2) is 21.5 Å². The second kappa shape index (κ2) is 3.11. The van der Waals surface area contributed by atoms with E-state index >= 15 is 0 Å². The van der Waals surface area contributed by atoms with Crippen LogP contribution in [-0.4, -0.2) is 15.2 Å². The molecule has 76 valence electrons. The molecule has 0 aromatic heterocycles. The van der Waals surface area contributed by atoms with Crippen LogP contribution in [0.5, 0.6) is 11.5 Å². The number of sulfonamides is 1. The summed E-state index contributed by atoms with van der Waals surface area (Å²) in [6, 6.07) is 3.16. The van der Waals surface area contributed by atoms with Gasteiger partial charge < -0.3 is 9.47 Å². The van der Waals surface area contributed by atoms with Gasteiger partial charge in [-0.3, -0.25) is 0 Å². The quantitative estimate of drug-likeness (QED) is 0.826. The summed E-state index contributed by atoms with van der Waals surface area (Å²) in [6.45, 7) is 0.00824. The number of primary sulfonamides is 1. The molecule has 0 unspecified atom stereocenters. The van der Waals surface area contributed by atoms with Crippen molar-refractivity contribution < 1.29 is 17.9 Å². The molecule has 5 nitrogen and oxygen atoms in total. The Morgan fingerprint density at radius 2 is 2.07 bits per heavy atom. The summed E-state index contributed by atoms with van der Waals surface area (Å²) in [5.41, 5.74) is 0. The Kier molecular flexibility index (Phi) is 2.17. The van der Waals surface area contributed by atoms with E-state index in [4.69, 9.17) is 14.6 Å². The number of hydrogen-bond acceptors (Lipinski definition) is 4. The summed E-state index contributed by atoms with van der Waals surface area (Å²) in [5, 5.41) is 5.04. The van der Waals surface area contributed by atoms with Crippen LogP contribution in [0.4, 0.5) is 0 Å². The van der Waals surface area contributed by atoms with E-state index in [1.54, 1.807) is 12.1 Å². The Labute approximate surface area is 89.0 Å². The van der Waals surface area contributed by atoms with Gasteiger partial charge >= 0.3 is 0 Å². The van der Waals surface area contributed by atoms with Crippen LogP contribution in [0.25, 0.3) is 0 Å². The number of hydrogen-bond donors (Lipinski definition) is 1. The van der Waals surface area contributed by atoms with Gasteiger partial charge in [-0.15, -0.1) is 0 Å². The summed E-state index contributed by atoms with van der Waals surface area (Å²) >= 11 is 3.09. The highest BCUT2D eigenvalue weighted by Crippen LogP contribution is 2.41. The van der Waals surface area contributed by atoms with Gasteiger partial charge in [0.25, 0.3) is 0 Å². The van der Waals surface area contributed by atoms with Gasteiger partial charge in [0.05, 0.1) is 0 Å². The van der Waals surface area contributed by atoms with Crippen molar-refractivity contribution in [1.82, 2.24) is 0 Å². The smallest absolute Gasteiger partial charge is 0.243 e. The summed E-state index contributed by atoms with van der Waals surface area (Å²) in [6.07, 6.45) is 0. The average Bonchev–Trinajstić information content (AvgIpc) is 2.48. The summed E-state index contributed by atoms with van der Waals surface area (Å²) in [4.78, 5) is -0.0764. The Morgan fingerprint density at radius 3 is 2.71 bits per heavy atom. The Morgan fingerprint density at radius 1 is 1.36 bits per heavy atom. The highest BCUT2D eigenvalue weighted by Gasteiger charge is 2.26. The third-order valence-corrected chi connectivity index (χ3v) is 3.63. The third kappa shape index (κ3) is 1.47. The Bertz CT molecular complexity index is 485. The number of halogens is 1. The molecule has 0 atom stereocenters. The molecule has 0 aliphatic carbocycles. The molecule has 0 saturated carbocycles. The van der Waals surface area contributed by atoms with E-state index in [1.807, 2.05) is 0 Å². The van der Waals surface area contributed by atoms with Crippen molar-refractivity contribution >= 4 is 26.0 Å². The molecule has 2 rings (SSSR count). The molecule has 1 aromatic rings. The summed E-state index contributed by atoms with van der Waals surface area (Å²) < 4.78 is 32.9. The largest absolute Gasteiger partial charge is 0.454 e. The van der Waals surface area contributed by atoms with Crippen LogP contribution in [-0.2, 0) is 10.0 Å². The molecule has 1 aliphatic rings. The lowest BCUT2D eigenvalue weighted by Gasteiger charge is -2.05. The molecule has 1 aliphatic heterocycles. The third-order valence-electron chi connectivity index (χ3n) is 1.73. The second-order valence-corrected chi connectivity index (χ2v) is 5.01. The highest BCUT2D eigenvalue weighted by atomic mass is 79.9. The predicted octanol–water partition coefficient (Wildman–Crippen LogP) is 0.825. The number of benzene rings is 1. The van der Waals surface area contributed by atoms with Crippen molar-refractivity contribution in [1.29, 1.82) is 0 Å². The SMILES string of the molecule is NS(=O)(=O)c1c(Br)ccc2c1OCO2. The second-order valence-electron chi connectivity index (χ2n) is 2.66. The zero-order chi connectivity index (χ0) is 10.3. The lowest BCUT2D eigenvalue weighted by atomic mass is 10.3. The van der Waals surface area contributed by atoms with Crippen LogP contribution in [0.2, 0.25) is 0 Å². The Hall–Kier alpha value is -0.790. The first-order valence-corrected chi connectivity index (χ1v) is 5.95. The molecular weight excluding hydrogens is 274 g/mol. The Balaban J connectivity index is 2.76. The van der Waals surface area contributed by atoms with E-state index in [-0.39, 0.29) is 17.4 Å². The minimum atomic E-state index is -3.81. The molecule has 0 radical (unpaired) electrons. The maximum atomic E-state index is 11.2. The van der Waals surface area contributed by atoms with Crippen molar-refractivity contribution in [2.45, 2.75) is 4.90 Å². The number of nitrogens with two attached hydrogens (primary N) is 1. The van der Waals surface area contributed by atoms with Crippen molar-refractivity contribution in [2.75, 3.05) is 6.79 Å². The van der Waals surface area contributed by atoms with E-state index in [0.29, 0.717) is 10.2 Å². The van der Waals surface area contributed by atoms with Gasteiger partial charge in [0, 0.05) is 4.47 Å². The molecule has 1 heterocycles. The summed E-state index contributed by atoms with van der Waals surface area (Å²) in [7, 11) is -3.81. The van der Waals surface area contributed by atoms with E-state index < -0.39 is 10.0 Å². The van der Waals surface area contributed by atoms with Crippen molar-refractivity contribution in [3.05, 3.63) is 16.6 Å². The fourth-order valence-electron chi connectivity index (χ4n) is 1.19. The molecule has 0 spiro atoms. The van der Waals surface area contributed by atoms with E-state index in [1.165, 1.54) is 0 Å². The predicted molar refractivity (Wildman–Crippen MR) is 51.6 cm³/mol. The molecular formula is C7H6BrNO4S. The van der Waals surface area contributed by atoms with Gasteiger partial charge in [0.1, 0.15) is 4.90 Å². The number of fused-ring (bicyclic) bond motifs is 1. The fraction of sp³-hybridized carbons (Fsp3) is 0.143. The number of ether oxygens (including phenoxy) is 2. The highest BCUT2D eigenvalue weighted by molar-refractivity contribution is 9.10. The molecule has 7 heteroatoms. The van der Waals surface area contributed by atoms with Crippen molar-refractivity contribution in [2.24, 2.45) is 5.14 Å². The number of rotatable bonds is 1. The van der Waals surface area contributed by atoms with Gasteiger partial charge in [0.2, 0.25) is 16.8 Å². The lowest BCUT2D eigenvalue weighted by molar-refractivity contribution is 0.172. The average molecular weight is 280 g/mol. The molecule has 0 fully saturated rings. The molecule has 0 amide bonds. The van der Waals surface area contributed by atoms with Crippen LogP contribution in [0.1, 0.15) is 0 Å². The van der Waals surface area contributed by atoms with Crippen molar-refractivity contribution in [3.63, 3.8) is 0 Å². The van der Waals surface area contributed by atoms with Crippen LogP contribution >= 0.6 is 15.9 Å². The van der Waals surface area contributed by atoms with Gasteiger partial charge in [-0.25, -0.2) is 13.6 Å². The first kappa shape index (κ1) is 9.75. The van der Waals surface area contributed by atoms with Gasteiger partial charge in [0.15, 0.2) is 11.5 Å². The van der Waals surface area contributed by atoms with Gasteiger partial charge in [-0.1, -0.05) is 0 Å². The zero-order valence-corrected chi connectivity index (χ0v) is 9.26. The minimum absolute atomic E-state index is 0.00824. The minimum Gasteiger partial charge on any atom is -0.454 e. The summed E-state index contributed by atoms with van der Waals surface area (Å²) in [5.74, 6) is 0.555. The standard InChI is InChI=1S/C7H6BrNO4S/c8-4-1-2-5-6(13-3-12-5)7(4)14(9,10)11/h1-2H,3H2,(H2,9,10,11). The zero-order valence-electron chi connectivity index (χ0n) is 6.86. The molecule has 1 aromatic carbocycles. The first-order chi connectivity index (χ1) is 6.50. The van der Waals surface area contributed by atoms with Crippen LogP contribution < -0.4 is 14.6 Å². The van der Waals surface area contributed by atoms with Gasteiger partial charge in [-0.05, 0) is 28.1 Å². The van der Waals surface area contributed by atoms with E-state index in [0.717, 1.165) is 0 Å².